The van der Waals surface area contributed by atoms with E-state index in [1.54, 1.807) is 19.9 Å². The highest BCUT2D eigenvalue weighted by Crippen LogP contribution is 2.67. The molecule has 1 atom stereocenters. The van der Waals surface area contributed by atoms with Gasteiger partial charge in [0.2, 0.25) is 0 Å². The third kappa shape index (κ3) is 2.92. The quantitative estimate of drug-likeness (QED) is 0.701. The average molecular weight is 462 g/mol. The van der Waals surface area contributed by atoms with Crippen molar-refractivity contribution in [1.29, 1.82) is 0 Å². The van der Waals surface area contributed by atoms with Crippen LogP contribution in [0.1, 0.15) is 34.7 Å². The van der Waals surface area contributed by atoms with E-state index in [0.29, 0.717) is 11.4 Å². The van der Waals surface area contributed by atoms with Gasteiger partial charge in [-0.25, -0.2) is 14.0 Å². The molecule has 32 heavy (non-hydrogen) atoms. The molecule has 0 saturated carbocycles. The maximum absolute atomic E-state index is 14.9. The fraction of sp³-hybridized carbons (Fsp3) is 0.391. The minimum Gasteiger partial charge on any atom is -0.493 e. The van der Waals surface area contributed by atoms with Crippen LogP contribution in [0.4, 0.5) is 4.39 Å². The Kier molecular flexibility index (Phi) is 5.19. The number of nitrogens with zero attached hydrogens (tertiary/aromatic N) is 1. The van der Waals surface area contributed by atoms with Crippen LogP contribution in [0, 0.1) is 11.2 Å². The maximum Gasteiger partial charge on any atom is 0.334 e. The van der Waals surface area contributed by atoms with Gasteiger partial charge in [0, 0.05) is 39.6 Å². The van der Waals surface area contributed by atoms with Crippen LogP contribution in [-0.4, -0.2) is 43.2 Å². The van der Waals surface area contributed by atoms with Gasteiger partial charge in [0.15, 0.2) is 11.6 Å². The van der Waals surface area contributed by atoms with Crippen molar-refractivity contribution in [2.75, 3.05) is 21.2 Å². The number of methoxy groups -OCH3 is 1. The second-order valence-electron chi connectivity index (χ2n) is 8.63. The number of carbonyl (C=O) groups excluding carboxylic acids is 2. The van der Waals surface area contributed by atoms with Crippen LogP contribution < -0.4 is 4.74 Å². The number of aliphatic hydroxyl groups is 1. The van der Waals surface area contributed by atoms with Gasteiger partial charge in [-0.05, 0) is 52.2 Å². The van der Waals surface area contributed by atoms with Gasteiger partial charge in [-0.15, -0.1) is 11.3 Å². The number of thiophene rings is 1. The first-order chi connectivity index (χ1) is 15.0. The molecule has 0 fully saturated rings. The molecule has 1 N–H and O–H groups in total. The van der Waals surface area contributed by atoms with Crippen molar-refractivity contribution in [3.8, 4) is 5.75 Å². The van der Waals surface area contributed by atoms with Crippen molar-refractivity contribution in [3.63, 3.8) is 0 Å². The zero-order valence-corrected chi connectivity index (χ0v) is 19.2. The molecule has 1 aliphatic heterocycles. The smallest absolute Gasteiger partial charge is 0.334 e. The molecule has 1 aromatic carbocycles. The van der Waals surface area contributed by atoms with Crippen LogP contribution in [0.5, 0.6) is 5.75 Å². The number of rotatable bonds is 4. The third-order valence-corrected chi connectivity index (χ3v) is 7.27. The molecule has 1 spiro atoms. The summed E-state index contributed by atoms with van der Waals surface area (Å²) in [6.45, 7) is 3.86. The Hall–Kier alpha value is -2.75. The number of esters is 2. The fourth-order valence-corrected chi connectivity index (χ4v) is 5.93. The summed E-state index contributed by atoms with van der Waals surface area (Å²) in [6.07, 6.45) is 1.93. The lowest BCUT2D eigenvalue weighted by Gasteiger charge is -2.44. The molecule has 0 radical (unpaired) electrons. The van der Waals surface area contributed by atoms with Crippen molar-refractivity contribution in [2.24, 2.45) is 5.41 Å². The standard InChI is InChI=1S/C23H24FNO6S/c1-21(2)22(28,16-9-6-13(32-16)12-25(3)4)19-14(7-8-15(24)20(19)29-5)23(21)30-17(26)10-11-18(27)31-23/h6-11,28H,12H2,1-5H3. The molecule has 2 aliphatic rings. The molecule has 1 aromatic heterocycles. The number of benzene rings is 1. The fourth-order valence-electron chi connectivity index (χ4n) is 4.55. The molecular weight excluding hydrogens is 437 g/mol. The Balaban J connectivity index is 2.04. The molecule has 9 heteroatoms. The van der Waals surface area contributed by atoms with Crippen molar-refractivity contribution >= 4 is 23.3 Å². The lowest BCUT2D eigenvalue weighted by Crippen LogP contribution is -2.52. The van der Waals surface area contributed by atoms with E-state index in [2.05, 4.69) is 0 Å². The van der Waals surface area contributed by atoms with Crippen LogP contribution in [0.3, 0.4) is 0 Å². The number of fused-ring (bicyclic) bond motifs is 2. The second kappa shape index (κ2) is 7.40. The highest BCUT2D eigenvalue weighted by molar-refractivity contribution is 7.12. The molecule has 4 rings (SSSR count). The molecule has 1 aliphatic carbocycles. The first-order valence-corrected chi connectivity index (χ1v) is 10.8. The van der Waals surface area contributed by atoms with E-state index in [4.69, 9.17) is 14.2 Å². The average Bonchev–Trinajstić information content (AvgIpc) is 3.16. The number of carbonyl (C=O) groups is 2. The monoisotopic (exact) mass is 461 g/mol. The van der Waals surface area contributed by atoms with Gasteiger partial charge in [0.05, 0.1) is 12.5 Å². The molecule has 0 bridgehead atoms. The largest absolute Gasteiger partial charge is 0.493 e. The summed E-state index contributed by atoms with van der Waals surface area (Å²) >= 11 is 1.34. The lowest BCUT2D eigenvalue weighted by atomic mass is 9.71. The van der Waals surface area contributed by atoms with Gasteiger partial charge >= 0.3 is 11.9 Å². The van der Waals surface area contributed by atoms with E-state index in [1.807, 2.05) is 25.1 Å². The Morgan fingerprint density at radius 2 is 1.72 bits per heavy atom. The van der Waals surface area contributed by atoms with Crippen LogP contribution in [0.25, 0.3) is 0 Å². The molecule has 0 saturated heterocycles. The maximum atomic E-state index is 14.9. The minimum atomic E-state index is -2.01. The first-order valence-electron chi connectivity index (χ1n) is 9.95. The predicted octanol–water partition coefficient (Wildman–Crippen LogP) is 3.04. The number of hydrogen-bond acceptors (Lipinski definition) is 8. The number of ether oxygens (including phenoxy) is 3. The molecular formula is C23H24FNO6S. The normalized spacial score (nSPS) is 23.1. The summed E-state index contributed by atoms with van der Waals surface area (Å²) in [7, 11) is 5.14. The summed E-state index contributed by atoms with van der Waals surface area (Å²) in [5.74, 6) is -4.56. The highest BCUT2D eigenvalue weighted by Gasteiger charge is 2.73. The van der Waals surface area contributed by atoms with Gasteiger partial charge in [-0.2, -0.15) is 0 Å². The SMILES string of the molecule is COc1c(F)ccc2c1C(O)(c1ccc(CN(C)C)s1)C(C)(C)C21OC(=O)C=CC(=O)O1. The predicted molar refractivity (Wildman–Crippen MR) is 114 cm³/mol. The van der Waals surface area contributed by atoms with Crippen molar-refractivity contribution < 1.29 is 33.3 Å². The number of hydrogen-bond donors (Lipinski definition) is 1. The number of halogens is 1. The van der Waals surface area contributed by atoms with Crippen LogP contribution in [0.2, 0.25) is 0 Å². The Morgan fingerprint density at radius 1 is 1.09 bits per heavy atom. The highest BCUT2D eigenvalue weighted by atomic mass is 32.1. The third-order valence-electron chi connectivity index (χ3n) is 6.09. The van der Waals surface area contributed by atoms with Gasteiger partial charge in [0.25, 0.3) is 5.79 Å². The second-order valence-corrected chi connectivity index (χ2v) is 9.80. The first kappa shape index (κ1) is 22.4. The van der Waals surface area contributed by atoms with Crippen molar-refractivity contribution in [2.45, 2.75) is 31.8 Å². The molecule has 170 valence electrons. The van der Waals surface area contributed by atoms with Gasteiger partial charge in [-0.1, -0.05) is 0 Å². The summed E-state index contributed by atoms with van der Waals surface area (Å²) in [5, 5.41) is 12.4. The molecule has 2 heterocycles. The molecule has 7 nitrogen and oxygen atoms in total. The minimum absolute atomic E-state index is 0.0609. The Morgan fingerprint density at radius 3 is 2.28 bits per heavy atom. The van der Waals surface area contributed by atoms with E-state index in [1.165, 1.54) is 24.5 Å². The van der Waals surface area contributed by atoms with Crippen molar-refractivity contribution in [3.05, 3.63) is 63.1 Å². The molecule has 1 unspecified atom stereocenters. The zero-order chi connectivity index (χ0) is 23.5. The summed E-state index contributed by atoms with van der Waals surface area (Å²) in [4.78, 5) is 28.3. The Labute approximate surface area is 189 Å². The van der Waals surface area contributed by atoms with Crippen LogP contribution >= 0.6 is 11.3 Å². The van der Waals surface area contributed by atoms with E-state index in [0.717, 1.165) is 23.1 Å². The van der Waals surface area contributed by atoms with E-state index < -0.39 is 34.6 Å². The van der Waals surface area contributed by atoms with Gasteiger partial charge in [-0.3, -0.25) is 0 Å². The molecule has 0 amide bonds. The van der Waals surface area contributed by atoms with Crippen LogP contribution in [0.15, 0.2) is 36.4 Å². The van der Waals surface area contributed by atoms with Crippen LogP contribution in [-0.2, 0) is 37.0 Å². The summed E-state index contributed by atoms with van der Waals surface area (Å²) in [6, 6.07) is 6.11. The van der Waals surface area contributed by atoms with Gasteiger partial charge in [0.1, 0.15) is 5.60 Å². The lowest BCUT2D eigenvalue weighted by molar-refractivity contribution is -0.286. The zero-order valence-electron chi connectivity index (χ0n) is 18.4. The van der Waals surface area contributed by atoms with E-state index in [9.17, 15) is 19.1 Å². The summed E-state index contributed by atoms with van der Waals surface area (Å²) in [5.41, 5.74) is -3.15. The summed E-state index contributed by atoms with van der Waals surface area (Å²) < 4.78 is 31.6. The van der Waals surface area contributed by atoms with E-state index >= 15 is 0 Å². The van der Waals surface area contributed by atoms with Gasteiger partial charge < -0.3 is 24.2 Å². The molecule has 2 aromatic rings. The Bertz CT molecular complexity index is 1120. The van der Waals surface area contributed by atoms with E-state index in [-0.39, 0.29) is 16.9 Å². The van der Waals surface area contributed by atoms with Crippen molar-refractivity contribution in [1.82, 2.24) is 4.90 Å². The topological polar surface area (TPSA) is 85.3 Å².